The minimum atomic E-state index is -4.07. The lowest BCUT2D eigenvalue weighted by Crippen LogP contribution is -1.89. The summed E-state index contributed by atoms with van der Waals surface area (Å²) in [6, 6.07) is 0. The van der Waals surface area contributed by atoms with Crippen LogP contribution >= 0.6 is 0 Å². The van der Waals surface area contributed by atoms with Crippen molar-refractivity contribution >= 4 is 10.1 Å². The van der Waals surface area contributed by atoms with Gasteiger partial charge in [0.05, 0.1) is 5.25 Å². The van der Waals surface area contributed by atoms with Crippen molar-refractivity contribution in [3.05, 3.63) is 0 Å². The van der Waals surface area contributed by atoms with Crippen LogP contribution in [0, 0.1) is 11.2 Å². The van der Waals surface area contributed by atoms with Crippen LogP contribution in [-0.2, 0) is 10.1 Å². The van der Waals surface area contributed by atoms with Crippen molar-refractivity contribution in [2.75, 3.05) is 0 Å². The van der Waals surface area contributed by atoms with E-state index in [4.69, 9.17) is 4.55 Å². The van der Waals surface area contributed by atoms with Crippen LogP contribution in [0.25, 0.3) is 0 Å². The van der Waals surface area contributed by atoms with E-state index in [1.807, 2.05) is 6.92 Å². The second kappa shape index (κ2) is 4.31. The van der Waals surface area contributed by atoms with E-state index in [2.05, 4.69) is 5.92 Å². The molecule has 58 valence electrons. The van der Waals surface area contributed by atoms with E-state index in [0.29, 0.717) is 6.42 Å². The first-order valence-electron chi connectivity index (χ1n) is 3.03. The molecule has 0 amide bonds. The molecule has 10 heavy (non-hydrogen) atoms. The Bertz CT molecular complexity index is 229. The zero-order valence-corrected chi connectivity index (χ0v) is 6.61. The van der Waals surface area contributed by atoms with Crippen LogP contribution in [0.2, 0.25) is 0 Å². The van der Waals surface area contributed by atoms with E-state index in [-0.39, 0.29) is 0 Å². The fraction of sp³-hybridized carbons (Fsp3) is 0.667. The van der Waals surface area contributed by atoms with Crippen molar-refractivity contribution in [3.63, 3.8) is 0 Å². The Balaban J connectivity index is 3.72. The SMILES string of the molecule is CCCCC#CS(=O)(=O)O. The van der Waals surface area contributed by atoms with E-state index in [0.717, 1.165) is 12.8 Å². The third-order valence-electron chi connectivity index (χ3n) is 0.856. The van der Waals surface area contributed by atoms with Gasteiger partial charge in [0.15, 0.2) is 0 Å². The fourth-order valence-corrected chi connectivity index (χ4v) is 0.692. The van der Waals surface area contributed by atoms with Gasteiger partial charge in [0, 0.05) is 6.42 Å². The summed E-state index contributed by atoms with van der Waals surface area (Å²) in [6.45, 7) is 1.98. The van der Waals surface area contributed by atoms with Crippen molar-refractivity contribution < 1.29 is 13.0 Å². The highest BCUT2D eigenvalue weighted by Crippen LogP contribution is 1.90. The molecule has 0 aromatic rings. The predicted octanol–water partition coefficient (Wildman–Crippen LogP) is 1.03. The monoisotopic (exact) mass is 162 g/mol. The highest BCUT2D eigenvalue weighted by Gasteiger charge is 1.92. The van der Waals surface area contributed by atoms with Crippen LogP contribution in [0.5, 0.6) is 0 Å². The van der Waals surface area contributed by atoms with Gasteiger partial charge in [-0.15, -0.1) is 0 Å². The Labute approximate surface area is 61.2 Å². The fourth-order valence-electron chi connectivity index (χ4n) is 0.407. The van der Waals surface area contributed by atoms with Gasteiger partial charge in [0.1, 0.15) is 0 Å². The van der Waals surface area contributed by atoms with Crippen LogP contribution in [0.3, 0.4) is 0 Å². The van der Waals surface area contributed by atoms with Crippen LogP contribution in [0.4, 0.5) is 0 Å². The Hall–Kier alpha value is -0.530. The average Bonchev–Trinajstić information content (AvgIpc) is 1.78. The average molecular weight is 162 g/mol. The van der Waals surface area contributed by atoms with Crippen molar-refractivity contribution in [2.45, 2.75) is 26.2 Å². The standard InChI is InChI=1S/C6H10O3S/c1-2-3-4-5-6-10(7,8)9/h2-4H2,1H3,(H,7,8,9). The second-order valence-electron chi connectivity index (χ2n) is 1.86. The molecule has 0 heterocycles. The Morgan fingerprint density at radius 3 is 2.50 bits per heavy atom. The van der Waals surface area contributed by atoms with E-state index < -0.39 is 10.1 Å². The van der Waals surface area contributed by atoms with Gasteiger partial charge in [0.25, 0.3) is 0 Å². The number of hydrogen-bond donors (Lipinski definition) is 1. The maximum atomic E-state index is 9.98. The summed E-state index contributed by atoms with van der Waals surface area (Å²) in [5.74, 6) is 2.34. The summed E-state index contributed by atoms with van der Waals surface area (Å²) >= 11 is 0. The summed E-state index contributed by atoms with van der Waals surface area (Å²) in [5, 5.41) is 1.73. The first-order valence-corrected chi connectivity index (χ1v) is 4.47. The van der Waals surface area contributed by atoms with Crippen LogP contribution in [-0.4, -0.2) is 13.0 Å². The molecule has 0 saturated heterocycles. The molecule has 0 bridgehead atoms. The number of rotatable bonds is 2. The lowest BCUT2D eigenvalue weighted by atomic mass is 10.3. The van der Waals surface area contributed by atoms with Crippen molar-refractivity contribution in [3.8, 4) is 11.2 Å². The first-order chi connectivity index (χ1) is 4.56. The van der Waals surface area contributed by atoms with Gasteiger partial charge < -0.3 is 0 Å². The van der Waals surface area contributed by atoms with Gasteiger partial charge in [-0.3, -0.25) is 4.55 Å². The van der Waals surface area contributed by atoms with Gasteiger partial charge in [-0.05, 0) is 6.42 Å². The van der Waals surface area contributed by atoms with Gasteiger partial charge in [-0.2, -0.15) is 8.42 Å². The second-order valence-corrected chi connectivity index (χ2v) is 3.01. The van der Waals surface area contributed by atoms with Gasteiger partial charge in [0.2, 0.25) is 0 Å². The smallest absolute Gasteiger partial charge is 0.276 e. The molecule has 0 spiro atoms. The summed E-state index contributed by atoms with van der Waals surface area (Å²) in [6.07, 6.45) is 2.36. The Kier molecular flexibility index (Phi) is 4.08. The van der Waals surface area contributed by atoms with Crippen molar-refractivity contribution in [1.82, 2.24) is 0 Å². The summed E-state index contributed by atoms with van der Waals surface area (Å²) in [5.41, 5.74) is 0. The lowest BCUT2D eigenvalue weighted by Gasteiger charge is -1.82. The molecule has 0 aliphatic heterocycles. The third kappa shape index (κ3) is 7.47. The normalized spacial score (nSPS) is 10.2. The van der Waals surface area contributed by atoms with Gasteiger partial charge in [-0.25, -0.2) is 0 Å². The zero-order chi connectivity index (χ0) is 8.04. The number of unbranched alkanes of at least 4 members (excludes halogenated alkanes) is 2. The molecule has 1 N–H and O–H groups in total. The van der Waals surface area contributed by atoms with E-state index in [1.165, 1.54) is 0 Å². The highest BCUT2D eigenvalue weighted by molar-refractivity contribution is 7.90. The molecule has 3 nitrogen and oxygen atoms in total. The molecule has 0 unspecified atom stereocenters. The van der Waals surface area contributed by atoms with Crippen molar-refractivity contribution in [1.29, 1.82) is 0 Å². The maximum Gasteiger partial charge on any atom is 0.335 e. The molecular formula is C6H10O3S. The Morgan fingerprint density at radius 1 is 1.50 bits per heavy atom. The van der Waals surface area contributed by atoms with Gasteiger partial charge in [-0.1, -0.05) is 19.3 Å². The van der Waals surface area contributed by atoms with E-state index in [1.54, 1.807) is 5.25 Å². The van der Waals surface area contributed by atoms with Crippen LogP contribution in [0.15, 0.2) is 0 Å². The molecule has 0 aliphatic carbocycles. The van der Waals surface area contributed by atoms with E-state index >= 15 is 0 Å². The molecule has 0 atom stereocenters. The minimum Gasteiger partial charge on any atom is -0.276 e. The Morgan fingerprint density at radius 2 is 2.10 bits per heavy atom. The zero-order valence-electron chi connectivity index (χ0n) is 5.79. The molecule has 0 radical (unpaired) electrons. The predicted molar refractivity (Wildman–Crippen MR) is 38.8 cm³/mol. The molecule has 0 aromatic heterocycles. The minimum absolute atomic E-state index is 0.524. The molecular weight excluding hydrogens is 152 g/mol. The molecule has 0 aromatic carbocycles. The molecule has 0 rings (SSSR count). The van der Waals surface area contributed by atoms with Crippen LogP contribution < -0.4 is 0 Å². The first kappa shape index (κ1) is 9.47. The lowest BCUT2D eigenvalue weighted by molar-refractivity contribution is 0.496. The topological polar surface area (TPSA) is 54.4 Å². The molecule has 4 heteroatoms. The third-order valence-corrected chi connectivity index (χ3v) is 1.26. The molecule has 0 aliphatic rings. The number of hydrogen-bond acceptors (Lipinski definition) is 2. The van der Waals surface area contributed by atoms with E-state index in [9.17, 15) is 8.42 Å². The maximum absolute atomic E-state index is 9.98. The molecule has 0 saturated carbocycles. The van der Waals surface area contributed by atoms with Crippen molar-refractivity contribution in [2.24, 2.45) is 0 Å². The van der Waals surface area contributed by atoms with Crippen LogP contribution in [0.1, 0.15) is 26.2 Å². The summed E-state index contributed by atoms with van der Waals surface area (Å²) < 4.78 is 28.1. The molecule has 0 fully saturated rings. The summed E-state index contributed by atoms with van der Waals surface area (Å²) in [7, 11) is -4.07. The quantitative estimate of drug-likeness (QED) is 0.375. The highest BCUT2D eigenvalue weighted by atomic mass is 32.2. The largest absolute Gasteiger partial charge is 0.335 e. The summed E-state index contributed by atoms with van der Waals surface area (Å²) in [4.78, 5) is 0. The van der Waals surface area contributed by atoms with Gasteiger partial charge >= 0.3 is 10.1 Å².